The number of hydrogen-bond donors (Lipinski definition) is 5. The predicted octanol–water partition coefficient (Wildman–Crippen LogP) is 1.64. The fourth-order valence-electron chi connectivity index (χ4n) is 6.06. The van der Waals surface area contributed by atoms with Gasteiger partial charge in [0.1, 0.15) is 0 Å². The van der Waals surface area contributed by atoms with Gasteiger partial charge in [0.2, 0.25) is 0 Å². The van der Waals surface area contributed by atoms with Crippen molar-refractivity contribution in [2.75, 3.05) is 126 Å². The maximum absolute atomic E-state index is 7.06. The summed E-state index contributed by atoms with van der Waals surface area (Å²) in [6.07, 6.45) is 1.95. The van der Waals surface area contributed by atoms with E-state index in [0.29, 0.717) is 92.2 Å². The van der Waals surface area contributed by atoms with Gasteiger partial charge in [-0.05, 0) is 22.3 Å². The molecule has 0 bridgehead atoms. The minimum atomic E-state index is -4.70. The van der Waals surface area contributed by atoms with E-state index in [-0.39, 0.29) is 13.2 Å². The summed E-state index contributed by atoms with van der Waals surface area (Å²) in [6.45, 7) is 10.8. The summed E-state index contributed by atoms with van der Waals surface area (Å²) in [6, 6.07) is 16.9. The third-order valence-electron chi connectivity index (χ3n) is 9.00. The first-order valence-electron chi connectivity index (χ1n) is 17.9. The molecule has 15 nitrogen and oxygen atoms in total. The number of nitrogens with two attached hydrogens (primary N) is 1. The van der Waals surface area contributed by atoms with Gasteiger partial charge in [0.25, 0.3) is 0 Å². The Morgan fingerprint density at radius 3 is 1.49 bits per heavy atom. The van der Waals surface area contributed by atoms with Crippen LogP contribution in [-0.4, -0.2) is 135 Å². The third kappa shape index (κ3) is 11.8. The molecule has 0 aliphatic carbocycles. The molecule has 0 fully saturated rings. The topological polar surface area (TPSA) is 154 Å². The SMILES string of the molecule is COCCNCCOCCOCCOS1(C)(NN)(OCCOCCOCCNCCOC)NCc2ccccc2CN2Cc3ccccc3CN21. The molecule has 2 aromatic carbocycles. The van der Waals surface area contributed by atoms with Gasteiger partial charge in [0, 0.05) is 66.3 Å². The van der Waals surface area contributed by atoms with Crippen LogP contribution in [0.1, 0.15) is 22.3 Å². The molecule has 0 unspecified atom stereocenters. The van der Waals surface area contributed by atoms with E-state index in [0.717, 1.165) is 31.7 Å². The second-order valence-corrected chi connectivity index (χ2v) is 17.6. The lowest BCUT2D eigenvalue weighted by Gasteiger charge is -2.87. The van der Waals surface area contributed by atoms with Crippen LogP contribution in [-0.2, 0) is 63.0 Å². The van der Waals surface area contributed by atoms with Crippen LogP contribution in [0, 0.1) is 0 Å². The van der Waals surface area contributed by atoms with Crippen molar-refractivity contribution in [2.45, 2.75) is 26.2 Å². The van der Waals surface area contributed by atoms with E-state index in [1.807, 2.05) is 6.26 Å². The molecular formula is C35H63N7O8S. The van der Waals surface area contributed by atoms with Crippen molar-refractivity contribution in [3.05, 3.63) is 70.8 Å². The lowest BCUT2D eigenvalue weighted by atomic mass is 10.0. The predicted molar refractivity (Wildman–Crippen MR) is 200 cm³/mol. The Bertz CT molecular complexity index is 1270. The van der Waals surface area contributed by atoms with Crippen molar-refractivity contribution in [1.82, 2.24) is 29.6 Å². The monoisotopic (exact) mass is 741 g/mol. The van der Waals surface area contributed by atoms with Crippen LogP contribution in [0.25, 0.3) is 0 Å². The molecule has 0 amide bonds. The Morgan fingerprint density at radius 2 is 1.00 bits per heavy atom. The summed E-state index contributed by atoms with van der Waals surface area (Å²) in [5.74, 6) is 6.73. The molecule has 0 atom stereocenters. The first kappa shape index (κ1) is 41.9. The number of nitrogens with zero attached hydrogens (tertiary/aromatic N) is 2. The van der Waals surface area contributed by atoms with Crippen molar-refractivity contribution in [3.8, 4) is 0 Å². The zero-order chi connectivity index (χ0) is 36.2. The molecule has 2 heterocycles. The van der Waals surface area contributed by atoms with Gasteiger partial charge in [-0.3, -0.25) is 14.2 Å². The molecular weight excluding hydrogens is 678 g/mol. The van der Waals surface area contributed by atoms with Crippen LogP contribution in [0.15, 0.2) is 48.5 Å². The third-order valence-corrected chi connectivity index (χ3v) is 13.8. The minimum absolute atomic E-state index is 0.203. The minimum Gasteiger partial charge on any atom is -0.383 e. The number of hydrogen-bond acceptors (Lipinski definition) is 15. The maximum Gasteiger partial charge on any atom is 0.0959 e. The van der Waals surface area contributed by atoms with Gasteiger partial charge >= 0.3 is 0 Å². The van der Waals surface area contributed by atoms with Crippen LogP contribution in [0.4, 0.5) is 0 Å². The molecule has 51 heavy (non-hydrogen) atoms. The normalized spacial score (nSPS) is 19.4. The van der Waals surface area contributed by atoms with Crippen LogP contribution >= 0.6 is 9.41 Å². The maximum atomic E-state index is 7.06. The standard InChI is InChI=1S/C35H63N7O8S/c1-43-16-12-37-14-18-45-20-22-47-24-26-49-51(3,40-36,50-27-25-48-23-21-46-19-15-38-13-17-44-2)39-28-32-8-4-5-9-33(32)29-41-30-34-10-6-7-11-35(34)31-42(41)51/h4-11,37-40H,12-31,36H2,1-3H3. The number of ether oxygens (including phenoxy) is 6. The highest BCUT2D eigenvalue weighted by Crippen LogP contribution is 2.84. The quantitative estimate of drug-likeness (QED) is 0.0512. The van der Waals surface area contributed by atoms with Gasteiger partial charge in [-0.25, -0.2) is 9.73 Å². The molecule has 292 valence electrons. The molecule has 0 saturated heterocycles. The number of nitrogens with one attached hydrogen (secondary N) is 4. The van der Waals surface area contributed by atoms with Gasteiger partial charge in [-0.15, -0.1) is 4.41 Å². The molecule has 0 aromatic heterocycles. The number of hydrazine groups is 2. The first-order valence-corrected chi connectivity index (χ1v) is 20.6. The van der Waals surface area contributed by atoms with Crippen LogP contribution < -0.4 is 26.0 Å². The van der Waals surface area contributed by atoms with Crippen LogP contribution in [0.2, 0.25) is 0 Å². The Kier molecular flexibility index (Phi) is 17.4. The molecule has 0 radical (unpaired) electrons. The van der Waals surface area contributed by atoms with Crippen molar-refractivity contribution in [2.24, 2.45) is 5.84 Å². The van der Waals surface area contributed by atoms with Crippen molar-refractivity contribution in [1.29, 1.82) is 0 Å². The van der Waals surface area contributed by atoms with E-state index in [1.165, 1.54) is 16.7 Å². The lowest BCUT2D eigenvalue weighted by molar-refractivity contribution is -0.0355. The van der Waals surface area contributed by atoms with Gasteiger partial charge in [0.15, 0.2) is 0 Å². The first-order chi connectivity index (χ1) is 24.9. The second kappa shape index (κ2) is 21.2. The molecule has 6 N–H and O–H groups in total. The van der Waals surface area contributed by atoms with Crippen LogP contribution in [0.5, 0.6) is 0 Å². The van der Waals surface area contributed by atoms with E-state index in [2.05, 4.69) is 78.1 Å². The van der Waals surface area contributed by atoms with E-state index >= 15 is 0 Å². The number of fused-ring (bicyclic) bond motifs is 3. The molecule has 0 saturated carbocycles. The lowest BCUT2D eigenvalue weighted by Crippen LogP contribution is -2.75. The zero-order valence-electron chi connectivity index (χ0n) is 30.9. The van der Waals surface area contributed by atoms with Crippen molar-refractivity contribution >= 4 is 9.41 Å². The van der Waals surface area contributed by atoms with Gasteiger partial charge in [-0.1, -0.05) is 48.5 Å². The second-order valence-electron chi connectivity index (χ2n) is 12.6. The summed E-state index contributed by atoms with van der Waals surface area (Å²) < 4.78 is 53.5. The Hall–Kier alpha value is -1.81. The van der Waals surface area contributed by atoms with E-state index in [9.17, 15) is 0 Å². The van der Waals surface area contributed by atoms with E-state index in [4.69, 9.17) is 42.6 Å². The highest BCUT2D eigenvalue weighted by Gasteiger charge is 2.59. The van der Waals surface area contributed by atoms with Gasteiger partial charge < -0.3 is 39.1 Å². The van der Waals surface area contributed by atoms with Crippen molar-refractivity contribution < 1.29 is 36.8 Å². The van der Waals surface area contributed by atoms with Gasteiger partial charge in [0.05, 0.1) is 85.8 Å². The molecule has 2 aliphatic heterocycles. The molecule has 2 aliphatic rings. The fourth-order valence-corrected chi connectivity index (χ4v) is 9.94. The Morgan fingerprint density at radius 1 is 0.588 bits per heavy atom. The van der Waals surface area contributed by atoms with E-state index < -0.39 is 9.41 Å². The molecule has 0 spiro atoms. The molecule has 16 heteroatoms. The number of benzene rings is 2. The van der Waals surface area contributed by atoms with E-state index in [1.54, 1.807) is 14.2 Å². The summed E-state index contributed by atoms with van der Waals surface area (Å²) in [5, 5.41) is 8.81. The Labute approximate surface area is 304 Å². The highest BCUT2D eigenvalue weighted by atomic mass is 32.4. The van der Waals surface area contributed by atoms with Crippen LogP contribution in [0.3, 0.4) is 0 Å². The van der Waals surface area contributed by atoms with Crippen molar-refractivity contribution in [3.63, 3.8) is 0 Å². The summed E-state index contributed by atoms with van der Waals surface area (Å²) in [7, 11) is -1.32. The average Bonchev–Trinajstić information content (AvgIpc) is 3.15. The Balaban J connectivity index is 1.45. The largest absolute Gasteiger partial charge is 0.383 e. The smallest absolute Gasteiger partial charge is 0.0959 e. The number of rotatable bonds is 27. The molecule has 4 rings (SSSR count). The molecule has 2 aromatic rings. The number of methoxy groups -OCH3 is 2. The summed E-state index contributed by atoms with van der Waals surface area (Å²) in [5.41, 5.74) is 4.78. The summed E-state index contributed by atoms with van der Waals surface area (Å²) >= 11 is 0. The average molecular weight is 742 g/mol. The fraction of sp³-hybridized carbons (Fsp3) is 0.657. The zero-order valence-corrected chi connectivity index (χ0v) is 31.7. The van der Waals surface area contributed by atoms with Gasteiger partial charge in [-0.2, -0.15) is 14.2 Å². The summed E-state index contributed by atoms with van der Waals surface area (Å²) in [4.78, 5) is 3.17. The highest BCUT2D eigenvalue weighted by molar-refractivity contribution is 8.52.